The Bertz CT molecular complexity index is 1590. The summed E-state index contributed by atoms with van der Waals surface area (Å²) in [5.74, 6) is 0.248. The lowest BCUT2D eigenvalue weighted by Gasteiger charge is -2.11. The summed E-state index contributed by atoms with van der Waals surface area (Å²) >= 11 is 0. The average Bonchev–Trinajstić information content (AvgIpc) is 3.19. The van der Waals surface area contributed by atoms with E-state index >= 15 is 0 Å². The summed E-state index contributed by atoms with van der Waals surface area (Å²) in [6.07, 6.45) is 1.74. The summed E-state index contributed by atoms with van der Waals surface area (Å²) in [6, 6.07) is 5.71. The number of nitrogens with zero attached hydrogens (tertiary/aromatic N) is 7. The van der Waals surface area contributed by atoms with E-state index in [9.17, 15) is 18.0 Å². The number of fused-ring (bicyclic) bond motifs is 2. The Hall–Kier alpha value is -4.42. The van der Waals surface area contributed by atoms with E-state index in [1.165, 1.54) is 35.4 Å². The van der Waals surface area contributed by atoms with E-state index < -0.39 is 6.36 Å². The van der Waals surface area contributed by atoms with E-state index in [0.29, 0.717) is 22.7 Å². The summed E-state index contributed by atoms with van der Waals surface area (Å²) in [5, 5.41) is 4.02. The molecule has 0 amide bonds. The predicted octanol–water partition coefficient (Wildman–Crippen LogP) is 2.74. The second-order valence-electron chi connectivity index (χ2n) is 7.81. The number of hydrogen-bond acceptors (Lipinski definition) is 7. The van der Waals surface area contributed by atoms with Crippen molar-refractivity contribution in [1.29, 1.82) is 0 Å². The molecule has 0 spiro atoms. The van der Waals surface area contributed by atoms with E-state index in [2.05, 4.69) is 24.8 Å². The molecule has 0 saturated heterocycles. The molecule has 34 heavy (non-hydrogen) atoms. The maximum absolute atomic E-state index is 12.7. The summed E-state index contributed by atoms with van der Waals surface area (Å²) < 4.78 is 51.4. The highest BCUT2D eigenvalue weighted by atomic mass is 19.4. The molecular weight excluding hydrogens is 455 g/mol. The molecule has 5 aromatic rings. The SMILES string of the molecule is Cn1cnc2ncn(Cc3nc(C4c5cn(-c6cccc(OC(F)(F)F)c6)cc54)no3)c(=O)c21. The number of benzene rings is 1. The van der Waals surface area contributed by atoms with Crippen LogP contribution in [0.4, 0.5) is 13.2 Å². The highest BCUT2D eigenvalue weighted by Gasteiger charge is 2.40. The van der Waals surface area contributed by atoms with Crippen molar-refractivity contribution >= 4 is 11.2 Å². The van der Waals surface area contributed by atoms with Crippen molar-refractivity contribution in [2.45, 2.75) is 18.8 Å². The Morgan fingerprint density at radius 2 is 1.91 bits per heavy atom. The Balaban J connectivity index is 1.19. The van der Waals surface area contributed by atoms with Gasteiger partial charge in [0.1, 0.15) is 18.6 Å². The van der Waals surface area contributed by atoms with Gasteiger partial charge in [-0.25, -0.2) is 9.97 Å². The maximum atomic E-state index is 12.7. The van der Waals surface area contributed by atoms with Gasteiger partial charge in [0.25, 0.3) is 5.56 Å². The van der Waals surface area contributed by atoms with Crippen LogP contribution in [-0.2, 0) is 13.6 Å². The highest BCUT2D eigenvalue weighted by molar-refractivity contribution is 5.68. The van der Waals surface area contributed by atoms with Gasteiger partial charge < -0.3 is 18.4 Å². The van der Waals surface area contributed by atoms with Crippen LogP contribution in [0.1, 0.15) is 28.8 Å². The van der Waals surface area contributed by atoms with Crippen molar-refractivity contribution in [3.8, 4) is 11.4 Å². The lowest BCUT2D eigenvalue weighted by Crippen LogP contribution is -2.22. The van der Waals surface area contributed by atoms with E-state index in [1.807, 2.05) is 0 Å². The van der Waals surface area contributed by atoms with Gasteiger partial charge in [0.15, 0.2) is 17.0 Å². The van der Waals surface area contributed by atoms with Crippen LogP contribution in [0.15, 0.2) is 58.6 Å². The molecule has 4 aromatic heterocycles. The molecular formula is C21H14F3N7O3. The summed E-state index contributed by atoms with van der Waals surface area (Å²) in [7, 11) is 1.71. The van der Waals surface area contributed by atoms with Crippen LogP contribution in [0, 0.1) is 0 Å². The average molecular weight is 469 g/mol. The molecule has 13 heteroatoms. The van der Waals surface area contributed by atoms with Gasteiger partial charge in [0, 0.05) is 31.2 Å². The first-order chi connectivity index (χ1) is 16.3. The van der Waals surface area contributed by atoms with Gasteiger partial charge in [-0.2, -0.15) is 4.98 Å². The molecule has 6 rings (SSSR count). The normalized spacial score (nSPS) is 13.4. The Kier molecular flexibility index (Phi) is 4.18. The second kappa shape index (κ2) is 7.04. The van der Waals surface area contributed by atoms with Crippen molar-refractivity contribution < 1.29 is 22.4 Å². The minimum atomic E-state index is -4.76. The standard InChI is InChI=1S/C21H14F3N7O3/c1-29-9-25-19-17(29)20(32)31(10-26-19)8-15-27-18(28-34-15)16-13-6-30(7-14(13)16)11-3-2-4-12(5-11)33-21(22,23)24/h2-7,9-10,16H,8H2,1H3. The predicted molar refractivity (Wildman–Crippen MR) is 110 cm³/mol. The topological polar surface area (TPSA) is 106 Å². The van der Waals surface area contributed by atoms with Crippen LogP contribution in [0.2, 0.25) is 0 Å². The first-order valence-electron chi connectivity index (χ1n) is 10.0. The Labute approximate surface area is 187 Å². The summed E-state index contributed by atoms with van der Waals surface area (Å²) in [6.45, 7) is 0.0584. The third-order valence-electron chi connectivity index (χ3n) is 5.53. The third kappa shape index (κ3) is 3.41. The van der Waals surface area contributed by atoms with Gasteiger partial charge in [-0.15, -0.1) is 13.2 Å². The van der Waals surface area contributed by atoms with Gasteiger partial charge in [-0.1, -0.05) is 11.2 Å². The van der Waals surface area contributed by atoms with Crippen molar-refractivity contribution in [3.63, 3.8) is 0 Å². The van der Waals surface area contributed by atoms with E-state index in [4.69, 9.17) is 4.52 Å². The molecule has 0 radical (unpaired) electrons. The summed E-state index contributed by atoms with van der Waals surface area (Å²) in [5.41, 5.74) is 2.86. The van der Waals surface area contributed by atoms with E-state index in [0.717, 1.165) is 11.1 Å². The number of rotatable bonds is 5. The molecule has 0 aliphatic heterocycles. The van der Waals surface area contributed by atoms with Crippen molar-refractivity contribution in [2.75, 3.05) is 0 Å². The number of aryl methyl sites for hydroxylation is 1. The van der Waals surface area contributed by atoms with Crippen molar-refractivity contribution in [3.05, 3.63) is 82.5 Å². The quantitative estimate of drug-likeness (QED) is 0.382. The van der Waals surface area contributed by atoms with Crippen molar-refractivity contribution in [2.24, 2.45) is 7.05 Å². The lowest BCUT2D eigenvalue weighted by atomic mass is 10.2. The minimum absolute atomic E-state index is 0.0584. The smallest absolute Gasteiger partial charge is 0.406 e. The van der Waals surface area contributed by atoms with E-state index in [-0.39, 0.29) is 29.7 Å². The van der Waals surface area contributed by atoms with Crippen LogP contribution in [0.5, 0.6) is 5.75 Å². The minimum Gasteiger partial charge on any atom is -0.406 e. The third-order valence-corrected chi connectivity index (χ3v) is 5.53. The number of ether oxygens (including phenoxy) is 1. The molecule has 0 bridgehead atoms. The zero-order valence-electron chi connectivity index (χ0n) is 17.4. The number of imidazole rings is 1. The number of aromatic nitrogens is 7. The van der Waals surface area contributed by atoms with Crippen LogP contribution in [0.3, 0.4) is 0 Å². The number of alkyl halides is 3. The Morgan fingerprint density at radius 3 is 2.68 bits per heavy atom. The van der Waals surface area contributed by atoms with Gasteiger partial charge in [-0.05, 0) is 23.3 Å². The van der Waals surface area contributed by atoms with Gasteiger partial charge in [-0.3, -0.25) is 9.36 Å². The first-order valence-corrected chi connectivity index (χ1v) is 10.0. The first kappa shape index (κ1) is 20.2. The van der Waals surface area contributed by atoms with E-state index in [1.54, 1.807) is 34.6 Å². The van der Waals surface area contributed by atoms with Crippen LogP contribution < -0.4 is 10.3 Å². The fourth-order valence-corrected chi connectivity index (χ4v) is 3.94. The number of halogens is 3. The summed E-state index contributed by atoms with van der Waals surface area (Å²) in [4.78, 5) is 25.3. The van der Waals surface area contributed by atoms with Gasteiger partial charge in [0.2, 0.25) is 5.89 Å². The van der Waals surface area contributed by atoms with Crippen molar-refractivity contribution in [1.82, 2.24) is 33.8 Å². The molecule has 4 heterocycles. The molecule has 0 atom stereocenters. The molecule has 0 fully saturated rings. The Morgan fingerprint density at radius 1 is 1.15 bits per heavy atom. The fourth-order valence-electron chi connectivity index (χ4n) is 3.94. The van der Waals surface area contributed by atoms with Crippen LogP contribution >= 0.6 is 0 Å². The lowest BCUT2D eigenvalue weighted by molar-refractivity contribution is -0.274. The van der Waals surface area contributed by atoms with Gasteiger partial charge >= 0.3 is 6.36 Å². The number of hydrogen-bond donors (Lipinski definition) is 0. The zero-order valence-corrected chi connectivity index (χ0v) is 17.4. The maximum Gasteiger partial charge on any atom is 0.573 e. The van der Waals surface area contributed by atoms with Crippen LogP contribution in [0.25, 0.3) is 16.9 Å². The van der Waals surface area contributed by atoms with Crippen LogP contribution in [-0.4, -0.2) is 40.2 Å². The molecule has 0 unspecified atom stereocenters. The molecule has 1 aliphatic rings. The monoisotopic (exact) mass is 469 g/mol. The molecule has 10 nitrogen and oxygen atoms in total. The molecule has 1 aliphatic carbocycles. The molecule has 1 aromatic carbocycles. The molecule has 172 valence electrons. The van der Waals surface area contributed by atoms with Gasteiger partial charge in [0.05, 0.1) is 12.2 Å². The highest BCUT2D eigenvalue weighted by Crippen LogP contribution is 2.48. The zero-order chi connectivity index (χ0) is 23.6. The fraction of sp³-hybridized carbons (Fsp3) is 0.190. The molecule has 0 N–H and O–H groups in total. The molecule has 0 saturated carbocycles. The largest absolute Gasteiger partial charge is 0.573 e. The second-order valence-corrected chi connectivity index (χ2v) is 7.81.